The van der Waals surface area contributed by atoms with Gasteiger partial charge in [0.2, 0.25) is 0 Å². The maximum Gasteiger partial charge on any atom is 0.416 e. The van der Waals surface area contributed by atoms with Gasteiger partial charge in [-0.1, -0.05) is 11.6 Å². The Labute approximate surface area is 197 Å². The molecule has 0 aliphatic carbocycles. The fraction of sp³-hybridized carbons (Fsp3) is 0.182. The summed E-state index contributed by atoms with van der Waals surface area (Å²) in [6, 6.07) is 6.92. The molecule has 3 aromatic rings. The molecule has 0 aliphatic rings. The fourth-order valence-corrected chi connectivity index (χ4v) is 4.04. The van der Waals surface area contributed by atoms with Crippen molar-refractivity contribution in [2.45, 2.75) is 11.1 Å². The van der Waals surface area contributed by atoms with E-state index in [4.69, 9.17) is 16.3 Å². The number of carbonyl (C=O) groups excluding carboxylic acids is 1. The summed E-state index contributed by atoms with van der Waals surface area (Å²) in [7, 11) is -1.47. The first kappa shape index (κ1) is 25.4. The third-order valence-corrected chi connectivity index (χ3v) is 6.18. The van der Waals surface area contributed by atoms with Gasteiger partial charge in [0.25, 0.3) is 5.91 Å². The second kappa shape index (κ2) is 9.22. The highest BCUT2D eigenvalue weighted by Crippen LogP contribution is 2.38. The minimum atomic E-state index is -4.89. The lowest BCUT2D eigenvalue weighted by atomic mass is 10.0. The van der Waals surface area contributed by atoms with E-state index in [9.17, 15) is 30.8 Å². The maximum absolute atomic E-state index is 13.7. The van der Waals surface area contributed by atoms with Gasteiger partial charge < -0.3 is 9.64 Å². The predicted molar refractivity (Wildman–Crippen MR) is 118 cm³/mol. The van der Waals surface area contributed by atoms with Crippen molar-refractivity contribution in [3.8, 4) is 16.9 Å². The van der Waals surface area contributed by atoms with Crippen LogP contribution in [0.5, 0.6) is 5.75 Å². The largest absolute Gasteiger partial charge is 0.496 e. The molecule has 1 heterocycles. The summed E-state index contributed by atoms with van der Waals surface area (Å²) < 4.78 is 82.9. The van der Waals surface area contributed by atoms with Gasteiger partial charge in [0.15, 0.2) is 9.84 Å². The highest BCUT2D eigenvalue weighted by atomic mass is 35.5. The summed E-state index contributed by atoms with van der Waals surface area (Å²) in [5, 5.41) is 0.0319. The molecule has 0 radical (unpaired) electrons. The van der Waals surface area contributed by atoms with Crippen molar-refractivity contribution in [2.24, 2.45) is 0 Å². The molecule has 0 unspecified atom stereocenters. The third kappa shape index (κ3) is 5.31. The maximum atomic E-state index is 13.7. The smallest absolute Gasteiger partial charge is 0.416 e. The van der Waals surface area contributed by atoms with Crippen molar-refractivity contribution in [3.05, 3.63) is 70.8 Å². The molecule has 0 bridgehead atoms. The number of amides is 1. The fourth-order valence-electron chi connectivity index (χ4n) is 3.20. The molecule has 0 aliphatic heterocycles. The molecule has 0 atom stereocenters. The summed E-state index contributed by atoms with van der Waals surface area (Å²) in [5.74, 6) is -1.41. The molecular weight excluding hydrogens is 500 g/mol. The lowest BCUT2D eigenvalue weighted by Crippen LogP contribution is -2.27. The highest BCUT2D eigenvalue weighted by Gasteiger charge is 2.33. The number of anilines is 1. The van der Waals surface area contributed by atoms with Crippen LogP contribution >= 0.6 is 11.6 Å². The van der Waals surface area contributed by atoms with E-state index in [0.717, 1.165) is 29.4 Å². The first-order valence-electron chi connectivity index (χ1n) is 9.42. The van der Waals surface area contributed by atoms with Crippen molar-refractivity contribution >= 4 is 33.0 Å². The Morgan fingerprint density at radius 1 is 1.09 bits per heavy atom. The monoisotopic (exact) mass is 516 g/mol. The molecule has 0 saturated heterocycles. The summed E-state index contributed by atoms with van der Waals surface area (Å²) in [5.41, 5.74) is -1.07. The number of aromatic nitrogens is 1. The average molecular weight is 517 g/mol. The summed E-state index contributed by atoms with van der Waals surface area (Å²) >= 11 is 6.02. The zero-order valence-corrected chi connectivity index (χ0v) is 19.5. The molecule has 0 N–H and O–H groups in total. The Morgan fingerprint density at radius 3 is 2.35 bits per heavy atom. The standard InChI is InChI=1S/C22H17ClF4N2O4S/c1-29(21(30)12-6-13(22(25,26)27)8-15(7-12)34(3,31)32)18-11-28-20(23)10-17(18)16-5-4-14(24)9-19(16)33-2/h4-11H,1-3H3. The van der Waals surface area contributed by atoms with Crippen molar-refractivity contribution in [2.75, 3.05) is 25.3 Å². The number of alkyl halides is 3. The molecule has 3 rings (SSSR count). The second-order valence-electron chi connectivity index (χ2n) is 7.25. The van der Waals surface area contributed by atoms with Crippen molar-refractivity contribution in [1.29, 1.82) is 0 Å². The number of sulfone groups is 1. The summed E-state index contributed by atoms with van der Waals surface area (Å²) in [6.45, 7) is 0. The molecule has 0 spiro atoms. The topological polar surface area (TPSA) is 76.6 Å². The number of hydrogen-bond donors (Lipinski definition) is 0. The molecule has 1 amide bonds. The molecule has 0 fully saturated rings. The number of hydrogen-bond acceptors (Lipinski definition) is 5. The number of benzene rings is 2. The number of nitrogens with zero attached hydrogens (tertiary/aromatic N) is 2. The lowest BCUT2D eigenvalue weighted by molar-refractivity contribution is -0.137. The van der Waals surface area contributed by atoms with Crippen LogP contribution in [0.15, 0.2) is 53.6 Å². The highest BCUT2D eigenvalue weighted by molar-refractivity contribution is 7.90. The van der Waals surface area contributed by atoms with E-state index >= 15 is 0 Å². The van der Waals surface area contributed by atoms with Gasteiger partial charge in [0.1, 0.15) is 16.7 Å². The minimum Gasteiger partial charge on any atom is -0.496 e. The number of pyridine rings is 1. The van der Waals surface area contributed by atoms with Crippen LogP contribution in [0.1, 0.15) is 15.9 Å². The lowest BCUT2D eigenvalue weighted by Gasteiger charge is -2.22. The zero-order valence-electron chi connectivity index (χ0n) is 17.9. The third-order valence-electron chi connectivity index (χ3n) is 4.88. The Morgan fingerprint density at radius 2 is 1.76 bits per heavy atom. The van der Waals surface area contributed by atoms with Crippen molar-refractivity contribution in [1.82, 2.24) is 4.98 Å². The van der Waals surface area contributed by atoms with Gasteiger partial charge in [0.05, 0.1) is 29.5 Å². The Kier molecular flexibility index (Phi) is 6.90. The van der Waals surface area contributed by atoms with Crippen LogP contribution in [0.2, 0.25) is 5.15 Å². The van der Waals surface area contributed by atoms with Gasteiger partial charge in [0, 0.05) is 36.1 Å². The number of carbonyl (C=O) groups is 1. The Balaban J connectivity index is 2.17. The molecule has 0 saturated carbocycles. The van der Waals surface area contributed by atoms with Crippen molar-refractivity contribution < 1.29 is 35.5 Å². The van der Waals surface area contributed by atoms with E-state index in [0.29, 0.717) is 17.7 Å². The number of ether oxygens (including phenoxy) is 1. The number of methoxy groups -OCH3 is 1. The molecule has 6 nitrogen and oxygen atoms in total. The first-order chi connectivity index (χ1) is 15.7. The summed E-state index contributed by atoms with van der Waals surface area (Å²) in [6.07, 6.45) is -2.94. The first-order valence-corrected chi connectivity index (χ1v) is 11.7. The molecule has 2 aromatic carbocycles. The quantitative estimate of drug-likeness (QED) is 0.342. The number of halogens is 5. The van der Waals surface area contributed by atoms with Gasteiger partial charge >= 0.3 is 6.18 Å². The van der Waals surface area contributed by atoms with Crippen LogP contribution in [0.3, 0.4) is 0 Å². The van der Waals surface area contributed by atoms with E-state index in [2.05, 4.69) is 4.98 Å². The van der Waals surface area contributed by atoms with Crippen molar-refractivity contribution in [3.63, 3.8) is 0 Å². The van der Waals surface area contributed by atoms with Gasteiger partial charge in [-0.2, -0.15) is 13.2 Å². The molecule has 34 heavy (non-hydrogen) atoms. The minimum absolute atomic E-state index is 0.0319. The van der Waals surface area contributed by atoms with Gasteiger partial charge in [-0.15, -0.1) is 0 Å². The van der Waals surface area contributed by atoms with Gasteiger partial charge in [-0.3, -0.25) is 4.79 Å². The SMILES string of the molecule is COc1cc(F)ccc1-c1cc(Cl)ncc1N(C)C(=O)c1cc(C(F)(F)F)cc(S(C)(=O)=O)c1. The van der Waals surface area contributed by atoms with E-state index in [-0.39, 0.29) is 22.2 Å². The molecule has 180 valence electrons. The van der Waals surface area contributed by atoms with Crippen LogP contribution < -0.4 is 9.64 Å². The Hall–Kier alpha value is -3.18. The normalized spacial score (nSPS) is 11.9. The van der Waals surface area contributed by atoms with E-state index < -0.39 is 43.8 Å². The van der Waals surface area contributed by atoms with Gasteiger partial charge in [-0.05, 0) is 36.4 Å². The second-order valence-corrected chi connectivity index (χ2v) is 9.65. The van der Waals surface area contributed by atoms with Crippen LogP contribution in [0.4, 0.5) is 23.2 Å². The van der Waals surface area contributed by atoms with E-state index in [1.807, 2.05) is 0 Å². The average Bonchev–Trinajstić information content (AvgIpc) is 2.76. The van der Waals surface area contributed by atoms with E-state index in [1.165, 1.54) is 32.5 Å². The van der Waals surface area contributed by atoms with Crippen LogP contribution in [0.25, 0.3) is 11.1 Å². The van der Waals surface area contributed by atoms with Crippen LogP contribution in [0, 0.1) is 5.82 Å². The molecular formula is C22H17ClF4N2O4S. The summed E-state index contributed by atoms with van der Waals surface area (Å²) in [4.78, 5) is 17.5. The zero-order chi connectivity index (χ0) is 25.4. The van der Waals surface area contributed by atoms with Crippen LogP contribution in [-0.4, -0.2) is 39.7 Å². The van der Waals surface area contributed by atoms with E-state index in [1.54, 1.807) is 0 Å². The van der Waals surface area contributed by atoms with Crippen LogP contribution in [-0.2, 0) is 16.0 Å². The molecule has 12 heteroatoms. The number of rotatable bonds is 5. The predicted octanol–water partition coefficient (Wildman–Crippen LogP) is 5.25. The molecule has 1 aromatic heterocycles. The Bertz CT molecular complexity index is 1380. The van der Waals surface area contributed by atoms with Gasteiger partial charge in [-0.25, -0.2) is 17.8 Å².